The standard InChI is InChI=1S/C5H8N2.C2H6/c1-2-5-3-4-6-7-5;1-2/h3-4H,2H2,1H3,(H,6,7);1-2H3. The molecule has 1 aromatic heterocycles. The number of rotatable bonds is 1. The van der Waals surface area contributed by atoms with Gasteiger partial charge in [0.05, 0.1) is 0 Å². The highest BCUT2D eigenvalue weighted by molar-refractivity contribution is 4.95. The third-order valence-electron chi connectivity index (χ3n) is 0.939. The number of H-pyrrole nitrogens is 1. The van der Waals surface area contributed by atoms with Crippen molar-refractivity contribution in [1.82, 2.24) is 10.2 Å². The summed E-state index contributed by atoms with van der Waals surface area (Å²) < 4.78 is 0. The van der Waals surface area contributed by atoms with Crippen LogP contribution >= 0.6 is 0 Å². The van der Waals surface area contributed by atoms with Crippen molar-refractivity contribution in [1.29, 1.82) is 0 Å². The van der Waals surface area contributed by atoms with Gasteiger partial charge in [-0.25, -0.2) is 0 Å². The summed E-state index contributed by atoms with van der Waals surface area (Å²) in [7, 11) is 0. The van der Waals surface area contributed by atoms with Crippen LogP contribution in [-0.2, 0) is 6.42 Å². The minimum Gasteiger partial charge on any atom is -0.283 e. The Balaban J connectivity index is 0.000000291. The van der Waals surface area contributed by atoms with Gasteiger partial charge in [-0.15, -0.1) is 0 Å². The molecule has 0 amide bonds. The Bertz CT molecular complexity index is 121. The number of aromatic amines is 1. The van der Waals surface area contributed by atoms with Crippen molar-refractivity contribution in [3.05, 3.63) is 18.0 Å². The van der Waals surface area contributed by atoms with Gasteiger partial charge in [0.2, 0.25) is 0 Å². The van der Waals surface area contributed by atoms with Crippen molar-refractivity contribution in [2.75, 3.05) is 0 Å². The van der Waals surface area contributed by atoms with Crippen LogP contribution in [0.25, 0.3) is 0 Å². The van der Waals surface area contributed by atoms with Gasteiger partial charge in [0.25, 0.3) is 0 Å². The van der Waals surface area contributed by atoms with Crippen molar-refractivity contribution in [2.45, 2.75) is 27.2 Å². The summed E-state index contributed by atoms with van der Waals surface area (Å²) in [6.07, 6.45) is 2.80. The molecule has 0 saturated carbocycles. The van der Waals surface area contributed by atoms with Gasteiger partial charge in [0.15, 0.2) is 0 Å². The van der Waals surface area contributed by atoms with E-state index in [2.05, 4.69) is 17.1 Å². The molecule has 1 N–H and O–H groups in total. The quantitative estimate of drug-likeness (QED) is 0.612. The highest BCUT2D eigenvalue weighted by Crippen LogP contribution is 1.88. The zero-order chi connectivity index (χ0) is 7.11. The minimum atomic E-state index is 1.04. The van der Waals surface area contributed by atoms with Gasteiger partial charge in [-0.3, -0.25) is 5.10 Å². The van der Waals surface area contributed by atoms with Crippen LogP contribution in [0.1, 0.15) is 26.5 Å². The van der Waals surface area contributed by atoms with Crippen LogP contribution in [0.3, 0.4) is 0 Å². The largest absolute Gasteiger partial charge is 0.283 e. The second kappa shape index (κ2) is 5.35. The van der Waals surface area contributed by atoms with E-state index in [9.17, 15) is 0 Å². The molecule has 0 unspecified atom stereocenters. The molecule has 0 radical (unpaired) electrons. The molecular formula is C7H14N2. The van der Waals surface area contributed by atoms with Gasteiger partial charge in [-0.05, 0) is 12.5 Å². The third-order valence-corrected chi connectivity index (χ3v) is 0.939. The highest BCUT2D eigenvalue weighted by Gasteiger charge is 1.82. The SMILES string of the molecule is CC.CCc1ccn[nH]1. The van der Waals surface area contributed by atoms with E-state index in [1.807, 2.05) is 19.9 Å². The van der Waals surface area contributed by atoms with Gasteiger partial charge in [0, 0.05) is 11.9 Å². The van der Waals surface area contributed by atoms with Crippen LogP contribution in [-0.4, -0.2) is 10.2 Å². The van der Waals surface area contributed by atoms with Crippen LogP contribution in [0, 0.1) is 0 Å². The average molecular weight is 126 g/mol. The fourth-order valence-electron chi connectivity index (χ4n) is 0.482. The van der Waals surface area contributed by atoms with Crippen molar-refractivity contribution >= 4 is 0 Å². The number of aromatic nitrogens is 2. The molecule has 1 aromatic rings. The Morgan fingerprint density at radius 3 is 2.44 bits per heavy atom. The maximum Gasteiger partial charge on any atom is 0.0490 e. The first kappa shape index (κ1) is 8.21. The van der Waals surface area contributed by atoms with Crippen LogP contribution < -0.4 is 0 Å². The Labute approximate surface area is 56.3 Å². The summed E-state index contributed by atoms with van der Waals surface area (Å²) in [5.74, 6) is 0. The molecule has 0 atom stereocenters. The molecule has 0 aromatic carbocycles. The van der Waals surface area contributed by atoms with Crippen LogP contribution in [0.15, 0.2) is 12.3 Å². The molecule has 2 nitrogen and oxygen atoms in total. The van der Waals surface area contributed by atoms with Gasteiger partial charge in [-0.1, -0.05) is 20.8 Å². The molecule has 1 rings (SSSR count). The summed E-state index contributed by atoms with van der Waals surface area (Å²) in [4.78, 5) is 0. The van der Waals surface area contributed by atoms with Crippen LogP contribution in [0.2, 0.25) is 0 Å². The van der Waals surface area contributed by atoms with E-state index in [-0.39, 0.29) is 0 Å². The lowest BCUT2D eigenvalue weighted by Gasteiger charge is -1.79. The molecule has 0 bridgehead atoms. The predicted octanol–water partition coefficient (Wildman–Crippen LogP) is 2.00. The summed E-state index contributed by atoms with van der Waals surface area (Å²) in [6, 6.07) is 1.97. The maximum atomic E-state index is 3.77. The molecule has 1 heterocycles. The number of hydrogen-bond donors (Lipinski definition) is 1. The van der Waals surface area contributed by atoms with Gasteiger partial charge in [0.1, 0.15) is 0 Å². The summed E-state index contributed by atoms with van der Waals surface area (Å²) in [6.45, 7) is 6.09. The van der Waals surface area contributed by atoms with Crippen molar-refractivity contribution < 1.29 is 0 Å². The Morgan fingerprint density at radius 1 is 1.56 bits per heavy atom. The van der Waals surface area contributed by atoms with Gasteiger partial charge < -0.3 is 0 Å². The number of hydrogen-bond acceptors (Lipinski definition) is 1. The molecule has 0 fully saturated rings. The zero-order valence-corrected chi connectivity index (χ0v) is 6.31. The molecule has 0 aliphatic rings. The highest BCUT2D eigenvalue weighted by atomic mass is 15.1. The van der Waals surface area contributed by atoms with Gasteiger partial charge >= 0.3 is 0 Å². The van der Waals surface area contributed by atoms with E-state index in [1.165, 1.54) is 5.69 Å². The van der Waals surface area contributed by atoms with Crippen molar-refractivity contribution in [2.24, 2.45) is 0 Å². The Kier molecular flexibility index (Phi) is 4.88. The molecule has 0 spiro atoms. The fourth-order valence-corrected chi connectivity index (χ4v) is 0.482. The smallest absolute Gasteiger partial charge is 0.0490 e. The number of nitrogens with one attached hydrogen (secondary N) is 1. The van der Waals surface area contributed by atoms with E-state index in [0.29, 0.717) is 0 Å². The molecule has 0 saturated heterocycles. The lowest BCUT2D eigenvalue weighted by Crippen LogP contribution is -1.75. The van der Waals surface area contributed by atoms with E-state index in [0.717, 1.165) is 6.42 Å². The van der Waals surface area contributed by atoms with Gasteiger partial charge in [-0.2, -0.15) is 5.10 Å². The maximum absolute atomic E-state index is 3.77. The first-order valence-electron chi connectivity index (χ1n) is 3.41. The zero-order valence-electron chi connectivity index (χ0n) is 6.31. The summed E-state index contributed by atoms with van der Waals surface area (Å²) in [5.41, 5.74) is 1.19. The van der Waals surface area contributed by atoms with Crippen molar-refractivity contribution in [3.8, 4) is 0 Å². The molecule has 0 aliphatic heterocycles. The van der Waals surface area contributed by atoms with Crippen molar-refractivity contribution in [3.63, 3.8) is 0 Å². The van der Waals surface area contributed by atoms with Crippen LogP contribution in [0.5, 0.6) is 0 Å². The lowest BCUT2D eigenvalue weighted by molar-refractivity contribution is 0.975. The molecule has 52 valence electrons. The minimum absolute atomic E-state index is 1.04. The number of aryl methyl sites for hydroxylation is 1. The van der Waals surface area contributed by atoms with Crippen LogP contribution in [0.4, 0.5) is 0 Å². The monoisotopic (exact) mass is 126 g/mol. The molecule has 9 heavy (non-hydrogen) atoms. The third kappa shape index (κ3) is 2.90. The second-order valence-electron chi connectivity index (χ2n) is 1.44. The Hall–Kier alpha value is -0.790. The fraction of sp³-hybridized carbons (Fsp3) is 0.571. The van der Waals surface area contributed by atoms with E-state index in [1.54, 1.807) is 6.20 Å². The normalized spacial score (nSPS) is 7.89. The van der Waals surface area contributed by atoms with E-state index < -0.39 is 0 Å². The molecular weight excluding hydrogens is 112 g/mol. The second-order valence-corrected chi connectivity index (χ2v) is 1.44. The van der Waals surface area contributed by atoms with E-state index >= 15 is 0 Å². The molecule has 2 heteroatoms. The van der Waals surface area contributed by atoms with E-state index in [4.69, 9.17) is 0 Å². The molecule has 0 aliphatic carbocycles. The average Bonchev–Trinajstić information content (AvgIpc) is 2.43. The number of nitrogens with zero attached hydrogens (tertiary/aromatic N) is 1. The predicted molar refractivity (Wildman–Crippen MR) is 39.3 cm³/mol. The topological polar surface area (TPSA) is 28.7 Å². The first-order chi connectivity index (χ1) is 4.43. The Morgan fingerprint density at radius 2 is 2.22 bits per heavy atom. The first-order valence-corrected chi connectivity index (χ1v) is 3.41. The lowest BCUT2D eigenvalue weighted by atomic mass is 10.4. The summed E-state index contributed by atoms with van der Waals surface area (Å²) in [5, 5.41) is 6.60. The summed E-state index contributed by atoms with van der Waals surface area (Å²) >= 11 is 0.